The van der Waals surface area contributed by atoms with E-state index < -0.39 is 5.54 Å². The van der Waals surface area contributed by atoms with Crippen LogP contribution in [0, 0.1) is 6.92 Å². The number of ether oxygens (including phenoxy) is 1. The molecular weight excluding hydrogens is 547 g/mol. The summed E-state index contributed by atoms with van der Waals surface area (Å²) >= 11 is 1.68. The molecule has 1 aliphatic rings. The van der Waals surface area contributed by atoms with Crippen LogP contribution in [-0.2, 0) is 5.54 Å². The first-order valence-electron chi connectivity index (χ1n) is 14.5. The normalized spacial score (nSPS) is 13.7. The molecule has 0 atom stereocenters. The van der Waals surface area contributed by atoms with Crippen LogP contribution in [0.5, 0.6) is 11.5 Å². The van der Waals surface area contributed by atoms with Gasteiger partial charge in [0.1, 0.15) is 17.0 Å². The SMILES string of the molecule is Cc1cccc2sc3cc(C4(n5c6ccccc6c6ccccc65)c5ccccc5Oc5ccccc54)ccc3c(=O)c12. The summed E-state index contributed by atoms with van der Waals surface area (Å²) in [7, 11) is 0. The Labute approximate surface area is 251 Å². The lowest BCUT2D eigenvalue weighted by atomic mass is 9.74. The van der Waals surface area contributed by atoms with Gasteiger partial charge in [-0.3, -0.25) is 4.79 Å². The lowest BCUT2D eigenvalue weighted by molar-refractivity contribution is 0.400. The number of hydrogen-bond donors (Lipinski definition) is 0. The minimum Gasteiger partial charge on any atom is -0.457 e. The van der Waals surface area contributed by atoms with Gasteiger partial charge in [-0.25, -0.2) is 0 Å². The summed E-state index contributed by atoms with van der Waals surface area (Å²) in [6, 6.07) is 46.6. The van der Waals surface area contributed by atoms with Crippen LogP contribution in [0.15, 0.2) is 138 Å². The van der Waals surface area contributed by atoms with Gasteiger partial charge in [0.15, 0.2) is 5.43 Å². The van der Waals surface area contributed by atoms with Crippen LogP contribution >= 0.6 is 11.3 Å². The highest BCUT2D eigenvalue weighted by Gasteiger charge is 2.47. The summed E-state index contributed by atoms with van der Waals surface area (Å²) < 4.78 is 11.1. The Balaban J connectivity index is 1.51. The summed E-state index contributed by atoms with van der Waals surface area (Å²) in [6.07, 6.45) is 0. The Bertz CT molecular complexity index is 2390. The highest BCUT2D eigenvalue weighted by Crippen LogP contribution is 2.55. The number of aryl methyl sites for hydroxylation is 1. The van der Waals surface area contributed by atoms with E-state index in [4.69, 9.17) is 4.74 Å². The molecule has 9 rings (SSSR count). The first-order chi connectivity index (χ1) is 21.2. The molecule has 43 heavy (non-hydrogen) atoms. The van der Waals surface area contributed by atoms with Crippen molar-refractivity contribution >= 4 is 53.3 Å². The van der Waals surface area contributed by atoms with Crippen molar-refractivity contribution < 1.29 is 4.74 Å². The van der Waals surface area contributed by atoms with Crippen LogP contribution in [-0.4, -0.2) is 4.57 Å². The molecule has 0 N–H and O–H groups in total. The highest BCUT2D eigenvalue weighted by atomic mass is 32.1. The molecule has 8 aromatic rings. The van der Waals surface area contributed by atoms with Crippen molar-refractivity contribution in [3.63, 3.8) is 0 Å². The molecule has 0 amide bonds. The lowest BCUT2D eigenvalue weighted by Crippen LogP contribution is -2.40. The number of benzene rings is 6. The van der Waals surface area contributed by atoms with Gasteiger partial charge in [-0.2, -0.15) is 0 Å². The largest absolute Gasteiger partial charge is 0.457 e. The Morgan fingerprint density at radius 2 is 1.21 bits per heavy atom. The second-order valence-electron chi connectivity index (χ2n) is 11.3. The molecule has 0 saturated heterocycles. The zero-order valence-electron chi connectivity index (χ0n) is 23.4. The summed E-state index contributed by atoms with van der Waals surface area (Å²) in [5.74, 6) is 1.65. The third kappa shape index (κ3) is 3.21. The van der Waals surface area contributed by atoms with E-state index in [0.29, 0.717) is 0 Å². The van der Waals surface area contributed by atoms with Gasteiger partial charge in [0.2, 0.25) is 0 Å². The van der Waals surface area contributed by atoms with Crippen LogP contribution in [0.4, 0.5) is 0 Å². The summed E-state index contributed by atoms with van der Waals surface area (Å²) in [4.78, 5) is 13.8. The molecule has 0 aliphatic carbocycles. The van der Waals surface area contributed by atoms with E-state index in [-0.39, 0.29) is 5.43 Å². The minimum atomic E-state index is -0.778. The first-order valence-corrected chi connectivity index (χ1v) is 15.3. The molecule has 1 aliphatic heterocycles. The molecular formula is C39H25NO2S. The monoisotopic (exact) mass is 571 g/mol. The van der Waals surface area contributed by atoms with E-state index in [0.717, 1.165) is 65.0 Å². The van der Waals surface area contributed by atoms with E-state index >= 15 is 0 Å². The van der Waals surface area contributed by atoms with Gasteiger partial charge in [-0.15, -0.1) is 11.3 Å². The van der Waals surface area contributed by atoms with E-state index in [1.165, 1.54) is 10.8 Å². The third-order valence-corrected chi connectivity index (χ3v) is 10.1. The molecule has 4 heteroatoms. The second kappa shape index (κ2) is 8.90. The molecule has 0 saturated carbocycles. The van der Waals surface area contributed by atoms with Crippen molar-refractivity contribution in [2.24, 2.45) is 0 Å². The number of fused-ring (bicyclic) bond motifs is 7. The van der Waals surface area contributed by atoms with Gasteiger partial charge in [-0.1, -0.05) is 91.0 Å². The molecule has 0 radical (unpaired) electrons. The van der Waals surface area contributed by atoms with Gasteiger partial charge < -0.3 is 9.30 Å². The summed E-state index contributed by atoms with van der Waals surface area (Å²) in [6.45, 7) is 2.02. The average Bonchev–Trinajstić information content (AvgIpc) is 3.38. The van der Waals surface area contributed by atoms with E-state index in [1.54, 1.807) is 11.3 Å². The quantitative estimate of drug-likeness (QED) is 0.193. The van der Waals surface area contributed by atoms with E-state index in [9.17, 15) is 4.79 Å². The van der Waals surface area contributed by atoms with Crippen LogP contribution in [0.25, 0.3) is 42.0 Å². The standard InChI is InChI=1S/C39H25NO2S/c1-24-11-10-20-35-37(24)38(41)28-22-21-25(23-36(28)43-35)39(29-14-4-8-18-33(29)42-34-19-9-5-15-30(34)39)40-31-16-6-2-12-26(31)27-13-3-7-17-32(27)40/h2-23H,1H3. The smallest absolute Gasteiger partial charge is 0.196 e. The van der Waals surface area contributed by atoms with Crippen LogP contribution in [0.1, 0.15) is 22.3 Å². The Morgan fingerprint density at radius 3 is 1.88 bits per heavy atom. The third-order valence-electron chi connectivity index (χ3n) is 9.01. The fourth-order valence-corrected chi connectivity index (χ4v) is 8.42. The molecule has 0 spiro atoms. The molecule has 2 aromatic heterocycles. The lowest BCUT2D eigenvalue weighted by Gasteiger charge is -2.43. The number of para-hydroxylation sites is 4. The predicted molar refractivity (Wildman–Crippen MR) is 178 cm³/mol. The fraction of sp³-hybridized carbons (Fsp3) is 0.0513. The molecule has 3 nitrogen and oxygen atoms in total. The van der Waals surface area contributed by atoms with Gasteiger partial charge in [0.05, 0.1) is 11.0 Å². The molecule has 0 bridgehead atoms. The second-order valence-corrected chi connectivity index (χ2v) is 12.3. The average molecular weight is 572 g/mol. The van der Waals surface area contributed by atoms with Crippen molar-refractivity contribution in [2.75, 3.05) is 0 Å². The number of hydrogen-bond acceptors (Lipinski definition) is 3. The van der Waals surface area contributed by atoms with Crippen LogP contribution in [0.3, 0.4) is 0 Å². The van der Waals surface area contributed by atoms with Gasteiger partial charge in [-0.05, 0) is 60.5 Å². The number of rotatable bonds is 2. The Morgan fingerprint density at radius 1 is 0.605 bits per heavy atom. The number of aromatic nitrogens is 1. The maximum absolute atomic E-state index is 13.8. The summed E-state index contributed by atoms with van der Waals surface area (Å²) in [5.41, 5.74) is 5.80. The van der Waals surface area contributed by atoms with Crippen molar-refractivity contribution in [1.82, 2.24) is 4.57 Å². The van der Waals surface area contributed by atoms with Gasteiger partial charge in [0.25, 0.3) is 0 Å². The van der Waals surface area contributed by atoms with Gasteiger partial charge >= 0.3 is 0 Å². The topological polar surface area (TPSA) is 31.2 Å². The minimum absolute atomic E-state index is 0.0899. The van der Waals surface area contributed by atoms with E-state index in [1.807, 2.05) is 37.3 Å². The zero-order valence-corrected chi connectivity index (χ0v) is 24.2. The van der Waals surface area contributed by atoms with E-state index in [2.05, 4.69) is 108 Å². The maximum Gasteiger partial charge on any atom is 0.196 e. The molecule has 6 aromatic carbocycles. The maximum atomic E-state index is 13.8. The predicted octanol–water partition coefficient (Wildman–Crippen LogP) is 9.78. The van der Waals surface area contributed by atoms with Crippen molar-refractivity contribution in [1.29, 1.82) is 0 Å². The molecule has 3 heterocycles. The van der Waals surface area contributed by atoms with Gasteiger partial charge in [0, 0.05) is 42.1 Å². The van der Waals surface area contributed by atoms with Crippen molar-refractivity contribution in [3.8, 4) is 11.5 Å². The Kier molecular flexibility index (Phi) is 5.06. The zero-order chi connectivity index (χ0) is 28.7. The molecule has 204 valence electrons. The highest BCUT2D eigenvalue weighted by molar-refractivity contribution is 7.24. The number of nitrogens with zero attached hydrogens (tertiary/aromatic N) is 1. The van der Waals surface area contributed by atoms with Crippen molar-refractivity contribution in [3.05, 3.63) is 166 Å². The summed E-state index contributed by atoms with van der Waals surface area (Å²) in [5, 5.41) is 3.96. The van der Waals surface area contributed by atoms with Crippen LogP contribution in [0.2, 0.25) is 0 Å². The van der Waals surface area contributed by atoms with Crippen LogP contribution < -0.4 is 10.2 Å². The molecule has 0 fully saturated rings. The Hall–Kier alpha value is -5.19. The molecule has 0 unspecified atom stereocenters. The first kappa shape index (κ1) is 24.4. The fourth-order valence-electron chi connectivity index (χ4n) is 7.23. The van der Waals surface area contributed by atoms with Crippen molar-refractivity contribution in [2.45, 2.75) is 12.5 Å².